The van der Waals surface area contributed by atoms with Gasteiger partial charge < -0.3 is 14.8 Å². The Kier molecular flexibility index (Phi) is 4.98. The van der Waals surface area contributed by atoms with Gasteiger partial charge in [-0.25, -0.2) is 4.98 Å². The van der Waals surface area contributed by atoms with E-state index in [-0.39, 0.29) is 12.1 Å². The SMILES string of the molecule is COc1ccc(C(C)Nc2nccc(OC(C)C)n2)cc1. The summed E-state index contributed by atoms with van der Waals surface area (Å²) in [4.78, 5) is 8.56. The van der Waals surface area contributed by atoms with Gasteiger partial charge in [-0.3, -0.25) is 0 Å². The third-order valence-corrected chi connectivity index (χ3v) is 2.95. The fourth-order valence-corrected chi connectivity index (χ4v) is 1.89. The van der Waals surface area contributed by atoms with E-state index in [0.29, 0.717) is 11.8 Å². The molecule has 0 aliphatic rings. The molecule has 1 heterocycles. The quantitative estimate of drug-likeness (QED) is 0.882. The molecule has 5 heteroatoms. The highest BCUT2D eigenvalue weighted by molar-refractivity contribution is 5.35. The molecule has 2 aromatic rings. The molecule has 1 N–H and O–H groups in total. The summed E-state index contributed by atoms with van der Waals surface area (Å²) < 4.78 is 10.7. The van der Waals surface area contributed by atoms with Crippen molar-refractivity contribution in [2.24, 2.45) is 0 Å². The van der Waals surface area contributed by atoms with Crippen LogP contribution < -0.4 is 14.8 Å². The maximum atomic E-state index is 5.56. The Balaban J connectivity index is 2.05. The van der Waals surface area contributed by atoms with E-state index in [9.17, 15) is 0 Å². The summed E-state index contributed by atoms with van der Waals surface area (Å²) in [5.74, 6) is 1.97. The minimum Gasteiger partial charge on any atom is -0.497 e. The van der Waals surface area contributed by atoms with Crippen molar-refractivity contribution >= 4 is 5.95 Å². The normalized spacial score (nSPS) is 12.0. The highest BCUT2D eigenvalue weighted by atomic mass is 16.5. The zero-order valence-electron chi connectivity index (χ0n) is 12.8. The Hall–Kier alpha value is -2.30. The number of rotatable bonds is 6. The monoisotopic (exact) mass is 287 g/mol. The van der Waals surface area contributed by atoms with Crippen molar-refractivity contribution in [2.75, 3.05) is 12.4 Å². The molecule has 0 aliphatic heterocycles. The standard InChI is InChI=1S/C16H21N3O2/c1-11(2)21-15-9-10-17-16(19-15)18-12(3)13-5-7-14(20-4)8-6-13/h5-12H,1-4H3,(H,17,18,19). The average Bonchev–Trinajstić information content (AvgIpc) is 2.47. The summed E-state index contributed by atoms with van der Waals surface area (Å²) in [7, 11) is 1.66. The Morgan fingerprint density at radius 3 is 2.38 bits per heavy atom. The molecule has 0 fully saturated rings. The summed E-state index contributed by atoms with van der Waals surface area (Å²) in [6.07, 6.45) is 1.78. The molecule has 0 spiro atoms. The first kappa shape index (κ1) is 15.1. The van der Waals surface area contributed by atoms with Crippen LogP contribution in [-0.4, -0.2) is 23.2 Å². The van der Waals surface area contributed by atoms with Crippen LogP contribution >= 0.6 is 0 Å². The lowest BCUT2D eigenvalue weighted by Gasteiger charge is -2.15. The van der Waals surface area contributed by atoms with Gasteiger partial charge in [0.05, 0.1) is 19.3 Å². The summed E-state index contributed by atoms with van der Waals surface area (Å²) in [6.45, 7) is 5.99. The summed E-state index contributed by atoms with van der Waals surface area (Å²) in [6, 6.07) is 9.75. The Morgan fingerprint density at radius 1 is 1.05 bits per heavy atom. The molecule has 0 amide bonds. The first-order valence-corrected chi connectivity index (χ1v) is 6.98. The fourth-order valence-electron chi connectivity index (χ4n) is 1.89. The summed E-state index contributed by atoms with van der Waals surface area (Å²) >= 11 is 0. The van der Waals surface area contributed by atoms with Gasteiger partial charge in [-0.05, 0) is 38.5 Å². The Bertz CT molecular complexity index is 570. The van der Waals surface area contributed by atoms with Crippen molar-refractivity contribution in [3.63, 3.8) is 0 Å². The zero-order chi connectivity index (χ0) is 15.2. The van der Waals surface area contributed by atoms with E-state index in [2.05, 4.69) is 22.2 Å². The maximum absolute atomic E-state index is 5.56. The van der Waals surface area contributed by atoms with Gasteiger partial charge in [0.25, 0.3) is 0 Å². The van der Waals surface area contributed by atoms with Crippen molar-refractivity contribution < 1.29 is 9.47 Å². The van der Waals surface area contributed by atoms with E-state index in [1.807, 2.05) is 38.1 Å². The van der Waals surface area contributed by atoms with Crippen molar-refractivity contribution in [3.05, 3.63) is 42.1 Å². The van der Waals surface area contributed by atoms with Gasteiger partial charge in [0.15, 0.2) is 0 Å². The second kappa shape index (κ2) is 6.92. The third-order valence-electron chi connectivity index (χ3n) is 2.95. The van der Waals surface area contributed by atoms with Crippen LogP contribution in [0.25, 0.3) is 0 Å². The molecule has 21 heavy (non-hydrogen) atoms. The third kappa shape index (κ3) is 4.34. The van der Waals surface area contributed by atoms with Gasteiger partial charge in [0.1, 0.15) is 5.75 Å². The van der Waals surface area contributed by atoms with Crippen molar-refractivity contribution in [2.45, 2.75) is 32.9 Å². The smallest absolute Gasteiger partial charge is 0.226 e. The average molecular weight is 287 g/mol. The lowest BCUT2D eigenvalue weighted by Crippen LogP contribution is -2.11. The summed E-state index contributed by atoms with van der Waals surface area (Å²) in [5, 5.41) is 3.27. The van der Waals surface area contributed by atoms with Crippen LogP contribution in [0.1, 0.15) is 32.4 Å². The fraction of sp³-hybridized carbons (Fsp3) is 0.375. The molecule has 112 valence electrons. The van der Waals surface area contributed by atoms with Gasteiger partial charge in [-0.2, -0.15) is 4.98 Å². The second-order valence-electron chi connectivity index (χ2n) is 5.02. The van der Waals surface area contributed by atoms with Crippen LogP contribution in [0, 0.1) is 0 Å². The lowest BCUT2D eigenvalue weighted by molar-refractivity contribution is 0.232. The van der Waals surface area contributed by atoms with E-state index in [4.69, 9.17) is 9.47 Å². The molecule has 1 aromatic heterocycles. The highest BCUT2D eigenvalue weighted by Gasteiger charge is 2.08. The van der Waals surface area contributed by atoms with Gasteiger partial charge in [0.2, 0.25) is 11.8 Å². The van der Waals surface area contributed by atoms with Crippen LogP contribution in [0.3, 0.4) is 0 Å². The van der Waals surface area contributed by atoms with Gasteiger partial charge >= 0.3 is 0 Å². The summed E-state index contributed by atoms with van der Waals surface area (Å²) in [5.41, 5.74) is 1.13. The molecule has 0 saturated heterocycles. The molecule has 0 radical (unpaired) electrons. The van der Waals surface area contributed by atoms with Crippen LogP contribution in [-0.2, 0) is 0 Å². The van der Waals surface area contributed by atoms with E-state index in [1.165, 1.54) is 0 Å². The van der Waals surface area contributed by atoms with Crippen LogP contribution in [0.5, 0.6) is 11.6 Å². The number of hydrogen-bond acceptors (Lipinski definition) is 5. The minimum atomic E-state index is 0.0882. The Morgan fingerprint density at radius 2 is 1.76 bits per heavy atom. The minimum absolute atomic E-state index is 0.0882. The van der Waals surface area contributed by atoms with Gasteiger partial charge in [-0.1, -0.05) is 12.1 Å². The predicted octanol–water partition coefficient (Wildman–Crippen LogP) is 3.45. The van der Waals surface area contributed by atoms with Gasteiger partial charge in [0, 0.05) is 12.3 Å². The van der Waals surface area contributed by atoms with Crippen molar-refractivity contribution in [1.29, 1.82) is 0 Å². The molecule has 0 bridgehead atoms. The molecule has 1 aromatic carbocycles. The predicted molar refractivity (Wildman–Crippen MR) is 82.8 cm³/mol. The second-order valence-corrected chi connectivity index (χ2v) is 5.02. The van der Waals surface area contributed by atoms with Crippen molar-refractivity contribution in [3.8, 4) is 11.6 Å². The number of anilines is 1. The maximum Gasteiger partial charge on any atom is 0.226 e. The topological polar surface area (TPSA) is 56.3 Å². The molecule has 5 nitrogen and oxygen atoms in total. The van der Waals surface area contributed by atoms with Crippen LogP contribution in [0.15, 0.2) is 36.5 Å². The zero-order valence-corrected chi connectivity index (χ0v) is 12.8. The molecule has 1 unspecified atom stereocenters. The number of methoxy groups -OCH3 is 1. The molecular weight excluding hydrogens is 266 g/mol. The van der Waals surface area contributed by atoms with E-state index < -0.39 is 0 Å². The number of benzene rings is 1. The van der Waals surface area contributed by atoms with E-state index >= 15 is 0 Å². The first-order chi connectivity index (χ1) is 10.1. The molecule has 1 atom stereocenters. The number of hydrogen-bond donors (Lipinski definition) is 1. The first-order valence-electron chi connectivity index (χ1n) is 6.98. The Labute approximate surface area is 125 Å². The van der Waals surface area contributed by atoms with E-state index in [0.717, 1.165) is 11.3 Å². The molecular formula is C16H21N3O2. The largest absolute Gasteiger partial charge is 0.497 e. The number of nitrogens with zero attached hydrogens (tertiary/aromatic N) is 2. The number of aromatic nitrogens is 2. The molecule has 0 saturated carbocycles. The van der Waals surface area contributed by atoms with E-state index in [1.54, 1.807) is 19.4 Å². The number of nitrogens with one attached hydrogen (secondary N) is 1. The highest BCUT2D eigenvalue weighted by Crippen LogP contribution is 2.20. The van der Waals surface area contributed by atoms with Crippen molar-refractivity contribution in [1.82, 2.24) is 9.97 Å². The van der Waals surface area contributed by atoms with Gasteiger partial charge in [-0.15, -0.1) is 0 Å². The van der Waals surface area contributed by atoms with Crippen LogP contribution in [0.4, 0.5) is 5.95 Å². The molecule has 0 aliphatic carbocycles. The lowest BCUT2D eigenvalue weighted by atomic mass is 10.1. The van der Waals surface area contributed by atoms with Crippen LogP contribution in [0.2, 0.25) is 0 Å². The molecule has 2 rings (SSSR count). The number of ether oxygens (including phenoxy) is 2.